The second-order valence-corrected chi connectivity index (χ2v) is 12.0. The molecule has 230 valence electrons. The van der Waals surface area contributed by atoms with Gasteiger partial charge in [-0.25, -0.2) is 4.99 Å². The van der Waals surface area contributed by atoms with Gasteiger partial charge in [-0.1, -0.05) is 140 Å². The highest BCUT2D eigenvalue weighted by Gasteiger charge is 2.30. The van der Waals surface area contributed by atoms with Crippen LogP contribution in [0.25, 0.3) is 22.3 Å². The van der Waals surface area contributed by atoms with Gasteiger partial charge in [0.2, 0.25) is 0 Å². The number of hydrogen-bond donors (Lipinski definition) is 3. The zero-order chi connectivity index (χ0) is 31.6. The number of fused-ring (bicyclic) bond motifs is 1. The molecular formula is C42H37N5. The number of para-hydroxylation sites is 2. The first kappa shape index (κ1) is 28.8. The van der Waals surface area contributed by atoms with Crippen LogP contribution in [0.2, 0.25) is 0 Å². The second-order valence-electron chi connectivity index (χ2n) is 12.0. The van der Waals surface area contributed by atoms with E-state index < -0.39 is 0 Å². The van der Waals surface area contributed by atoms with Gasteiger partial charge in [-0.05, 0) is 64.1 Å². The summed E-state index contributed by atoms with van der Waals surface area (Å²) in [7, 11) is 0. The van der Waals surface area contributed by atoms with E-state index in [0.717, 1.165) is 23.4 Å². The van der Waals surface area contributed by atoms with Gasteiger partial charge < -0.3 is 15.5 Å². The number of amidine groups is 1. The van der Waals surface area contributed by atoms with Crippen molar-refractivity contribution in [1.82, 2.24) is 10.6 Å². The van der Waals surface area contributed by atoms with Gasteiger partial charge in [0.1, 0.15) is 24.3 Å². The highest BCUT2D eigenvalue weighted by atomic mass is 15.3. The van der Waals surface area contributed by atoms with E-state index in [1.165, 1.54) is 44.9 Å². The summed E-state index contributed by atoms with van der Waals surface area (Å²) in [4.78, 5) is 7.56. The van der Waals surface area contributed by atoms with Crippen LogP contribution in [0.5, 0.6) is 0 Å². The van der Waals surface area contributed by atoms with Gasteiger partial charge >= 0.3 is 0 Å². The Labute approximate surface area is 276 Å². The third-order valence-electron chi connectivity index (χ3n) is 9.13. The summed E-state index contributed by atoms with van der Waals surface area (Å²) in [5, 5.41) is 11.3. The van der Waals surface area contributed by atoms with Crippen molar-refractivity contribution in [1.29, 1.82) is 0 Å². The molecule has 3 atom stereocenters. The predicted molar refractivity (Wildman–Crippen MR) is 195 cm³/mol. The normalized spacial score (nSPS) is 18.5. The molecule has 0 radical (unpaired) electrons. The number of benzene rings is 6. The van der Waals surface area contributed by atoms with E-state index in [2.05, 4.69) is 173 Å². The fraction of sp³-hybridized carbons (Fsp3) is 0.119. The molecule has 3 N–H and O–H groups in total. The highest BCUT2D eigenvalue weighted by Crippen LogP contribution is 2.43. The summed E-state index contributed by atoms with van der Waals surface area (Å²) in [6.45, 7) is 2.23. The van der Waals surface area contributed by atoms with Gasteiger partial charge in [-0.3, -0.25) is 5.32 Å². The Morgan fingerprint density at radius 3 is 2.06 bits per heavy atom. The van der Waals surface area contributed by atoms with Crippen LogP contribution in [0.15, 0.2) is 163 Å². The lowest BCUT2D eigenvalue weighted by Gasteiger charge is -2.33. The first-order valence-corrected chi connectivity index (χ1v) is 16.4. The molecule has 0 aliphatic carbocycles. The van der Waals surface area contributed by atoms with Gasteiger partial charge in [0.25, 0.3) is 0 Å². The van der Waals surface area contributed by atoms with Gasteiger partial charge in [0.05, 0.1) is 11.4 Å². The SMILES string of the molecule is CCC1Nc2ccccc2N1c1cccc(-c2ccccc2-c2ccccc2C2NC(c3ccccc3)=NC(c3ccccc3)N2)c1. The van der Waals surface area contributed by atoms with E-state index in [9.17, 15) is 0 Å². The molecule has 6 aromatic rings. The minimum absolute atomic E-state index is 0.166. The Morgan fingerprint density at radius 1 is 0.596 bits per heavy atom. The number of aliphatic imine (C=N–C) groups is 1. The standard InChI is InChI=1S/C42H37N5/c1-2-39-43-37-26-13-14-27-38(37)47(39)32-21-15-20-31(28-32)33-22-9-10-23-34(33)35-24-11-12-25-36(35)42-45-40(29-16-5-3-6-17-29)44-41(46-42)30-18-7-4-8-19-30/h3-28,39-40,42-43,45H,2H2,1H3,(H,44,46). The lowest BCUT2D eigenvalue weighted by molar-refractivity contribution is 0.409. The molecule has 0 saturated carbocycles. The number of anilines is 3. The molecule has 2 heterocycles. The summed E-state index contributed by atoms with van der Waals surface area (Å²) >= 11 is 0. The van der Waals surface area contributed by atoms with Crippen molar-refractivity contribution < 1.29 is 0 Å². The van der Waals surface area contributed by atoms with E-state index in [0.29, 0.717) is 0 Å². The average Bonchev–Trinajstić information content (AvgIpc) is 3.54. The monoisotopic (exact) mass is 611 g/mol. The number of hydrogen-bond acceptors (Lipinski definition) is 5. The molecule has 2 aliphatic rings. The Kier molecular flexibility index (Phi) is 7.74. The summed E-state index contributed by atoms with van der Waals surface area (Å²) < 4.78 is 0. The molecule has 3 unspecified atom stereocenters. The zero-order valence-electron chi connectivity index (χ0n) is 26.3. The molecule has 0 saturated heterocycles. The molecule has 0 spiro atoms. The maximum Gasteiger partial charge on any atom is 0.131 e. The number of nitrogens with one attached hydrogen (secondary N) is 3. The third kappa shape index (κ3) is 5.56. The molecule has 5 nitrogen and oxygen atoms in total. The molecule has 47 heavy (non-hydrogen) atoms. The molecule has 5 heteroatoms. The van der Waals surface area contributed by atoms with Crippen LogP contribution in [-0.4, -0.2) is 12.0 Å². The molecule has 6 aromatic carbocycles. The Hall–Kier alpha value is -5.65. The smallest absolute Gasteiger partial charge is 0.131 e. The van der Waals surface area contributed by atoms with Crippen LogP contribution in [0.4, 0.5) is 17.1 Å². The second kappa shape index (κ2) is 12.6. The highest BCUT2D eigenvalue weighted by molar-refractivity contribution is 5.99. The van der Waals surface area contributed by atoms with Crippen molar-refractivity contribution in [2.24, 2.45) is 4.99 Å². The summed E-state index contributed by atoms with van der Waals surface area (Å²) in [6, 6.07) is 55.9. The van der Waals surface area contributed by atoms with E-state index in [1.54, 1.807) is 0 Å². The van der Waals surface area contributed by atoms with E-state index in [1.807, 2.05) is 12.1 Å². The van der Waals surface area contributed by atoms with Crippen LogP contribution in [0.3, 0.4) is 0 Å². The zero-order valence-corrected chi connectivity index (χ0v) is 26.3. The quantitative estimate of drug-likeness (QED) is 0.168. The summed E-state index contributed by atoms with van der Waals surface area (Å²) in [5.74, 6) is 0.879. The van der Waals surface area contributed by atoms with E-state index >= 15 is 0 Å². The van der Waals surface area contributed by atoms with Crippen LogP contribution in [0.1, 0.15) is 42.4 Å². The van der Waals surface area contributed by atoms with Crippen LogP contribution in [0, 0.1) is 0 Å². The lowest BCUT2D eigenvalue weighted by Crippen LogP contribution is -2.45. The molecule has 0 amide bonds. The average molecular weight is 612 g/mol. The maximum atomic E-state index is 5.13. The first-order chi connectivity index (χ1) is 23.3. The molecule has 0 fully saturated rings. The van der Waals surface area contributed by atoms with Crippen LogP contribution in [-0.2, 0) is 0 Å². The van der Waals surface area contributed by atoms with Crippen molar-refractivity contribution >= 4 is 22.9 Å². The molecular weight excluding hydrogens is 574 g/mol. The van der Waals surface area contributed by atoms with Crippen molar-refractivity contribution in [3.8, 4) is 22.3 Å². The number of nitrogens with zero attached hydrogens (tertiary/aromatic N) is 2. The van der Waals surface area contributed by atoms with Crippen molar-refractivity contribution in [3.63, 3.8) is 0 Å². The molecule has 0 bridgehead atoms. The minimum atomic E-state index is -0.193. The Balaban J connectivity index is 1.19. The Morgan fingerprint density at radius 2 is 1.26 bits per heavy atom. The molecule has 8 rings (SSSR count). The van der Waals surface area contributed by atoms with Crippen LogP contribution < -0.4 is 20.9 Å². The van der Waals surface area contributed by atoms with E-state index in [4.69, 9.17) is 4.99 Å². The lowest BCUT2D eigenvalue weighted by atomic mass is 9.90. The minimum Gasteiger partial charge on any atom is -0.363 e. The van der Waals surface area contributed by atoms with Gasteiger partial charge in [-0.2, -0.15) is 0 Å². The topological polar surface area (TPSA) is 51.7 Å². The summed E-state index contributed by atoms with van der Waals surface area (Å²) in [6.07, 6.45) is 0.838. The van der Waals surface area contributed by atoms with Crippen molar-refractivity contribution in [2.45, 2.75) is 31.8 Å². The third-order valence-corrected chi connectivity index (χ3v) is 9.13. The fourth-order valence-electron chi connectivity index (χ4n) is 6.88. The van der Waals surface area contributed by atoms with E-state index in [-0.39, 0.29) is 18.5 Å². The van der Waals surface area contributed by atoms with Gasteiger partial charge in [0, 0.05) is 11.3 Å². The largest absolute Gasteiger partial charge is 0.363 e. The molecule has 2 aliphatic heterocycles. The van der Waals surface area contributed by atoms with Crippen molar-refractivity contribution in [3.05, 3.63) is 174 Å². The van der Waals surface area contributed by atoms with Gasteiger partial charge in [-0.15, -0.1) is 0 Å². The fourth-order valence-corrected chi connectivity index (χ4v) is 6.88. The predicted octanol–water partition coefficient (Wildman–Crippen LogP) is 9.66. The Bertz CT molecular complexity index is 2040. The first-order valence-electron chi connectivity index (χ1n) is 16.4. The summed E-state index contributed by atoms with van der Waals surface area (Å²) in [5.41, 5.74) is 11.7. The molecule has 0 aromatic heterocycles. The number of rotatable bonds is 7. The van der Waals surface area contributed by atoms with Crippen molar-refractivity contribution in [2.75, 3.05) is 10.2 Å². The van der Waals surface area contributed by atoms with Crippen LogP contribution >= 0.6 is 0 Å². The maximum absolute atomic E-state index is 5.13. The van der Waals surface area contributed by atoms with Gasteiger partial charge in [0.15, 0.2) is 0 Å².